The van der Waals surface area contributed by atoms with Gasteiger partial charge in [0.1, 0.15) is 0 Å². The number of aliphatic hydroxyl groups is 1. The van der Waals surface area contributed by atoms with Gasteiger partial charge in [0.2, 0.25) is 6.29 Å². The molecule has 0 spiro atoms. The molecule has 0 aromatic carbocycles. The lowest BCUT2D eigenvalue weighted by atomic mass is 10.2. The van der Waals surface area contributed by atoms with Crippen LogP contribution in [0.3, 0.4) is 0 Å². The van der Waals surface area contributed by atoms with Crippen LogP contribution in [0.5, 0.6) is 0 Å². The van der Waals surface area contributed by atoms with Crippen LogP contribution in [0.2, 0.25) is 0 Å². The predicted octanol–water partition coefficient (Wildman–Crippen LogP) is 0.993. The van der Waals surface area contributed by atoms with E-state index in [1.807, 2.05) is 0 Å². The average molecular weight is 200 g/mol. The minimum Gasteiger partial charge on any atom is -0.433 e. The number of carbonyl (C=O) groups is 1. The summed E-state index contributed by atoms with van der Waals surface area (Å²) in [5, 5.41) is 9.07. The molecule has 1 aliphatic rings. The first-order valence-electron chi connectivity index (χ1n) is 4.81. The van der Waals surface area contributed by atoms with Crippen LogP contribution in [0.15, 0.2) is 11.6 Å². The number of hydrogen-bond donors (Lipinski definition) is 1. The normalized spacial score (nSPS) is 23.1. The molecule has 0 aromatic rings. The van der Waals surface area contributed by atoms with Crippen molar-refractivity contribution in [2.24, 2.45) is 0 Å². The van der Waals surface area contributed by atoms with E-state index in [1.165, 1.54) is 0 Å². The highest BCUT2D eigenvalue weighted by Gasteiger charge is 2.21. The van der Waals surface area contributed by atoms with Crippen LogP contribution in [-0.4, -0.2) is 30.1 Å². The van der Waals surface area contributed by atoms with E-state index in [-0.39, 0.29) is 6.10 Å². The van der Waals surface area contributed by atoms with Crippen LogP contribution in [0.4, 0.5) is 0 Å². The summed E-state index contributed by atoms with van der Waals surface area (Å²) < 4.78 is 9.72. The van der Waals surface area contributed by atoms with Gasteiger partial charge in [0, 0.05) is 12.0 Å². The molecular weight excluding hydrogens is 184 g/mol. The van der Waals surface area contributed by atoms with E-state index in [4.69, 9.17) is 14.6 Å². The molecule has 2 atom stereocenters. The third-order valence-electron chi connectivity index (χ3n) is 2.00. The average Bonchev–Trinajstić information content (AvgIpc) is 2.97. The van der Waals surface area contributed by atoms with Gasteiger partial charge >= 0.3 is 5.97 Å². The molecule has 0 aliphatic carbocycles. The first-order valence-corrected chi connectivity index (χ1v) is 4.81. The van der Waals surface area contributed by atoms with Crippen molar-refractivity contribution in [3.63, 3.8) is 0 Å². The molecule has 0 radical (unpaired) electrons. The molecule has 14 heavy (non-hydrogen) atoms. The highest BCUT2D eigenvalue weighted by atomic mass is 16.6. The molecule has 1 saturated heterocycles. The Hall–Kier alpha value is -0.870. The Morgan fingerprint density at radius 1 is 1.79 bits per heavy atom. The lowest BCUT2D eigenvalue weighted by Gasteiger charge is -2.09. The van der Waals surface area contributed by atoms with Crippen molar-refractivity contribution in [3.8, 4) is 0 Å². The molecule has 1 aliphatic heterocycles. The zero-order chi connectivity index (χ0) is 10.6. The van der Waals surface area contributed by atoms with Gasteiger partial charge in [-0.2, -0.15) is 0 Å². The molecule has 0 aromatic heterocycles. The Bertz CT molecular complexity index is 230. The van der Waals surface area contributed by atoms with E-state index in [0.717, 1.165) is 13.0 Å². The van der Waals surface area contributed by atoms with Gasteiger partial charge in [-0.25, -0.2) is 4.79 Å². The number of ether oxygens (including phenoxy) is 2. The summed E-state index contributed by atoms with van der Waals surface area (Å²) >= 11 is 0. The molecule has 0 amide bonds. The molecule has 1 rings (SSSR count). The number of aliphatic hydroxyl groups excluding tert-OH is 1. The summed E-state index contributed by atoms with van der Waals surface area (Å²) in [5.41, 5.74) is 0.521. The van der Waals surface area contributed by atoms with Crippen LogP contribution in [-0.2, 0) is 14.3 Å². The SMILES string of the molecule is CCC(O)OC(=O)/C(C)=C/CC1CO1. The first kappa shape index (κ1) is 11.2. The molecule has 80 valence electrons. The maximum absolute atomic E-state index is 11.3. The van der Waals surface area contributed by atoms with Crippen molar-refractivity contribution in [1.29, 1.82) is 0 Å². The number of carbonyl (C=O) groups excluding carboxylic acids is 1. The van der Waals surface area contributed by atoms with Crippen LogP contribution < -0.4 is 0 Å². The van der Waals surface area contributed by atoms with Gasteiger partial charge in [-0.15, -0.1) is 0 Å². The zero-order valence-electron chi connectivity index (χ0n) is 8.53. The van der Waals surface area contributed by atoms with Crippen molar-refractivity contribution >= 4 is 5.97 Å². The number of rotatable bonds is 5. The summed E-state index contributed by atoms with van der Waals surface area (Å²) in [7, 11) is 0. The molecule has 4 heteroatoms. The monoisotopic (exact) mass is 200 g/mol. The zero-order valence-corrected chi connectivity index (χ0v) is 8.53. The topological polar surface area (TPSA) is 59.1 Å². The summed E-state index contributed by atoms with van der Waals surface area (Å²) in [6.45, 7) is 4.19. The maximum Gasteiger partial charge on any atom is 0.335 e. The summed E-state index contributed by atoms with van der Waals surface area (Å²) in [5.74, 6) is -0.458. The smallest absolute Gasteiger partial charge is 0.335 e. The fraction of sp³-hybridized carbons (Fsp3) is 0.700. The fourth-order valence-electron chi connectivity index (χ4n) is 0.896. The molecule has 0 saturated carbocycles. The minimum absolute atomic E-state index is 0.272. The molecule has 0 bridgehead atoms. The van der Waals surface area contributed by atoms with Gasteiger partial charge < -0.3 is 14.6 Å². The van der Waals surface area contributed by atoms with Crippen LogP contribution in [0.25, 0.3) is 0 Å². The van der Waals surface area contributed by atoms with Crippen molar-refractivity contribution in [3.05, 3.63) is 11.6 Å². The molecule has 1 fully saturated rings. The lowest BCUT2D eigenvalue weighted by molar-refractivity contribution is -0.163. The number of epoxide rings is 1. The summed E-state index contributed by atoms with van der Waals surface area (Å²) in [4.78, 5) is 11.3. The van der Waals surface area contributed by atoms with Gasteiger partial charge in [0.05, 0.1) is 12.7 Å². The lowest BCUT2D eigenvalue weighted by Crippen LogP contribution is -2.17. The molecule has 1 N–H and O–H groups in total. The van der Waals surface area contributed by atoms with Crippen molar-refractivity contribution in [2.75, 3.05) is 6.61 Å². The van der Waals surface area contributed by atoms with Crippen LogP contribution >= 0.6 is 0 Å². The van der Waals surface area contributed by atoms with E-state index in [0.29, 0.717) is 12.0 Å². The van der Waals surface area contributed by atoms with Crippen molar-refractivity contribution < 1.29 is 19.4 Å². The standard InChI is InChI=1S/C10H16O4/c1-3-9(11)14-10(12)7(2)4-5-8-6-13-8/h4,8-9,11H,3,5-6H2,1-2H3/b7-4+. The van der Waals surface area contributed by atoms with Gasteiger partial charge in [0.15, 0.2) is 0 Å². The van der Waals surface area contributed by atoms with Gasteiger partial charge in [-0.1, -0.05) is 13.0 Å². The largest absolute Gasteiger partial charge is 0.433 e. The quantitative estimate of drug-likeness (QED) is 0.311. The Kier molecular flexibility index (Phi) is 4.10. The molecule has 2 unspecified atom stereocenters. The summed E-state index contributed by atoms with van der Waals surface area (Å²) in [6.07, 6.45) is 2.20. The number of hydrogen-bond acceptors (Lipinski definition) is 4. The van der Waals surface area contributed by atoms with Gasteiger partial charge in [-0.05, 0) is 13.3 Å². The van der Waals surface area contributed by atoms with Crippen LogP contribution in [0.1, 0.15) is 26.7 Å². The van der Waals surface area contributed by atoms with E-state index >= 15 is 0 Å². The first-order chi connectivity index (χ1) is 6.63. The third kappa shape index (κ3) is 3.89. The molecular formula is C10H16O4. The summed E-state index contributed by atoms with van der Waals surface area (Å²) in [6, 6.07) is 0. The number of esters is 1. The van der Waals surface area contributed by atoms with E-state index in [1.54, 1.807) is 19.9 Å². The predicted molar refractivity (Wildman–Crippen MR) is 50.5 cm³/mol. The van der Waals surface area contributed by atoms with Crippen molar-refractivity contribution in [1.82, 2.24) is 0 Å². The third-order valence-corrected chi connectivity index (χ3v) is 2.00. The Morgan fingerprint density at radius 2 is 2.43 bits per heavy atom. The Morgan fingerprint density at radius 3 is 2.93 bits per heavy atom. The fourth-order valence-corrected chi connectivity index (χ4v) is 0.896. The Labute approximate surface area is 83.5 Å². The Balaban J connectivity index is 2.30. The van der Waals surface area contributed by atoms with Gasteiger partial charge in [-0.3, -0.25) is 0 Å². The van der Waals surface area contributed by atoms with Gasteiger partial charge in [0.25, 0.3) is 0 Å². The van der Waals surface area contributed by atoms with Crippen LogP contribution in [0, 0.1) is 0 Å². The second kappa shape index (κ2) is 5.12. The van der Waals surface area contributed by atoms with Crippen molar-refractivity contribution in [2.45, 2.75) is 39.1 Å². The highest BCUT2D eigenvalue weighted by Crippen LogP contribution is 2.15. The minimum atomic E-state index is -0.997. The van der Waals surface area contributed by atoms with E-state index in [9.17, 15) is 4.79 Å². The van der Waals surface area contributed by atoms with E-state index < -0.39 is 12.3 Å². The second-order valence-corrected chi connectivity index (χ2v) is 3.35. The molecule has 4 nitrogen and oxygen atoms in total. The maximum atomic E-state index is 11.3. The second-order valence-electron chi connectivity index (χ2n) is 3.35. The highest BCUT2D eigenvalue weighted by molar-refractivity contribution is 5.87. The molecule has 1 heterocycles. The van der Waals surface area contributed by atoms with E-state index in [2.05, 4.69) is 0 Å².